The van der Waals surface area contributed by atoms with E-state index in [0.717, 1.165) is 16.0 Å². The van der Waals surface area contributed by atoms with Gasteiger partial charge in [0.05, 0.1) is 5.75 Å². The van der Waals surface area contributed by atoms with Gasteiger partial charge in [-0.3, -0.25) is 9.59 Å². The van der Waals surface area contributed by atoms with Gasteiger partial charge in [-0.2, -0.15) is 0 Å². The molecule has 1 atom stereocenters. The van der Waals surface area contributed by atoms with Crippen LogP contribution >= 0.6 is 23.4 Å². The number of carbonyl (C=O) groups is 2. The van der Waals surface area contributed by atoms with Gasteiger partial charge < -0.3 is 10.2 Å². The number of amides is 2. The molecule has 3 aromatic carbocycles. The minimum atomic E-state index is -0.632. The van der Waals surface area contributed by atoms with Crippen LogP contribution in [-0.2, 0) is 22.6 Å². The van der Waals surface area contributed by atoms with E-state index in [-0.39, 0.29) is 17.6 Å². The lowest BCUT2D eigenvalue weighted by atomic mass is 10.0. The minimum Gasteiger partial charge on any atom is -0.357 e. The van der Waals surface area contributed by atoms with Crippen molar-refractivity contribution >= 4 is 35.2 Å². The summed E-state index contributed by atoms with van der Waals surface area (Å²) in [6.45, 7) is 2.34. The second-order valence-corrected chi connectivity index (χ2v) is 9.06. The number of nitrogens with one attached hydrogen (secondary N) is 1. The van der Waals surface area contributed by atoms with Crippen molar-refractivity contribution in [3.63, 3.8) is 0 Å². The van der Waals surface area contributed by atoms with Crippen molar-refractivity contribution in [1.29, 1.82) is 0 Å². The Morgan fingerprint density at radius 1 is 0.969 bits per heavy atom. The van der Waals surface area contributed by atoms with Crippen LogP contribution in [0.2, 0.25) is 5.02 Å². The number of likely N-dealkylation sites (N-methyl/N-ethyl adjacent to an activating group) is 1. The van der Waals surface area contributed by atoms with Crippen molar-refractivity contribution < 1.29 is 9.59 Å². The summed E-state index contributed by atoms with van der Waals surface area (Å²) in [7, 11) is 1.60. The van der Waals surface area contributed by atoms with E-state index in [4.69, 9.17) is 11.6 Å². The third-order valence-corrected chi connectivity index (χ3v) is 6.37. The molecule has 3 rings (SSSR count). The summed E-state index contributed by atoms with van der Waals surface area (Å²) in [6.07, 6.45) is 0.433. The highest BCUT2D eigenvalue weighted by molar-refractivity contribution is 8.00. The third kappa shape index (κ3) is 6.87. The summed E-state index contributed by atoms with van der Waals surface area (Å²) >= 11 is 7.65. The maximum atomic E-state index is 13.4. The largest absolute Gasteiger partial charge is 0.357 e. The van der Waals surface area contributed by atoms with E-state index >= 15 is 0 Å². The summed E-state index contributed by atoms with van der Waals surface area (Å²) < 4.78 is 0. The zero-order chi connectivity index (χ0) is 22.9. The summed E-state index contributed by atoms with van der Waals surface area (Å²) in [5.74, 6) is -0.0454. The molecule has 0 unspecified atom stereocenters. The number of carbonyl (C=O) groups excluding carboxylic acids is 2. The summed E-state index contributed by atoms with van der Waals surface area (Å²) in [5.41, 5.74) is 3.05. The van der Waals surface area contributed by atoms with Crippen molar-refractivity contribution in [3.05, 3.63) is 101 Å². The Balaban J connectivity index is 1.86. The van der Waals surface area contributed by atoms with Crippen LogP contribution in [0.4, 0.5) is 0 Å². The topological polar surface area (TPSA) is 49.4 Å². The lowest BCUT2D eigenvalue weighted by Gasteiger charge is -2.31. The van der Waals surface area contributed by atoms with E-state index in [1.807, 2.05) is 79.7 Å². The fourth-order valence-corrected chi connectivity index (χ4v) is 4.41. The number of nitrogens with zero attached hydrogens (tertiary/aromatic N) is 1. The van der Waals surface area contributed by atoms with Crippen molar-refractivity contribution in [2.24, 2.45) is 0 Å². The molecule has 0 heterocycles. The van der Waals surface area contributed by atoms with E-state index in [1.54, 1.807) is 18.0 Å². The molecule has 2 amide bonds. The molecule has 0 radical (unpaired) electrons. The van der Waals surface area contributed by atoms with E-state index in [0.29, 0.717) is 18.0 Å². The number of hydrogen-bond acceptors (Lipinski definition) is 3. The molecule has 0 aliphatic heterocycles. The first kappa shape index (κ1) is 23.9. The van der Waals surface area contributed by atoms with Gasteiger partial charge in [0.15, 0.2) is 0 Å². The summed E-state index contributed by atoms with van der Waals surface area (Å²) in [5, 5.41) is 3.33. The number of halogens is 1. The van der Waals surface area contributed by atoms with Gasteiger partial charge in [-0.05, 0) is 42.3 Å². The first-order valence-corrected chi connectivity index (χ1v) is 11.8. The Bertz CT molecular complexity index is 1040. The number of aryl methyl sites for hydroxylation is 1. The Hall–Kier alpha value is -2.76. The molecule has 0 aromatic heterocycles. The maximum absolute atomic E-state index is 13.4. The van der Waals surface area contributed by atoms with Crippen LogP contribution in [0.1, 0.15) is 16.7 Å². The van der Waals surface area contributed by atoms with Gasteiger partial charge in [0, 0.05) is 29.9 Å². The quantitative estimate of drug-likeness (QED) is 0.445. The Labute approximate surface area is 199 Å². The molecule has 3 aromatic rings. The molecule has 0 aliphatic carbocycles. The van der Waals surface area contributed by atoms with Crippen molar-refractivity contribution in [2.75, 3.05) is 12.8 Å². The van der Waals surface area contributed by atoms with Gasteiger partial charge in [-0.25, -0.2) is 0 Å². The molecule has 0 saturated heterocycles. The number of benzene rings is 3. The average Bonchev–Trinajstić information content (AvgIpc) is 2.81. The fourth-order valence-electron chi connectivity index (χ4n) is 3.42. The highest BCUT2D eigenvalue weighted by Gasteiger charge is 2.29. The fraction of sp³-hybridized carbons (Fsp3) is 0.231. The minimum absolute atomic E-state index is 0.0971. The number of thioether (sulfide) groups is 1. The second kappa shape index (κ2) is 11.7. The van der Waals surface area contributed by atoms with Crippen LogP contribution in [0.5, 0.6) is 0 Å². The summed E-state index contributed by atoms with van der Waals surface area (Å²) in [6, 6.07) is 24.6. The lowest BCUT2D eigenvalue weighted by Crippen LogP contribution is -2.50. The molecule has 1 N–H and O–H groups in total. The van der Waals surface area contributed by atoms with Gasteiger partial charge >= 0.3 is 0 Å². The maximum Gasteiger partial charge on any atom is 0.242 e. The average molecular weight is 467 g/mol. The molecule has 0 bridgehead atoms. The molecule has 0 saturated carbocycles. The Morgan fingerprint density at radius 3 is 2.31 bits per heavy atom. The smallest absolute Gasteiger partial charge is 0.242 e. The Morgan fingerprint density at radius 2 is 1.66 bits per heavy atom. The highest BCUT2D eigenvalue weighted by Crippen LogP contribution is 2.22. The van der Waals surface area contributed by atoms with Crippen molar-refractivity contribution in [1.82, 2.24) is 10.2 Å². The van der Waals surface area contributed by atoms with Gasteiger partial charge in [0.1, 0.15) is 6.04 Å². The standard InChI is InChI=1S/C26H27ClN2O2S/c1-19-11-13-23(14-12-19)32-18-25(30)29(17-21-9-6-10-22(27)15-21)24(26(31)28-2)16-20-7-4-3-5-8-20/h3-15,24H,16-18H2,1-2H3,(H,28,31)/t24-/m0/s1. The van der Waals surface area contributed by atoms with Gasteiger partial charge in [-0.1, -0.05) is 71.8 Å². The molecular formula is C26H27ClN2O2S. The van der Waals surface area contributed by atoms with E-state index in [1.165, 1.54) is 17.3 Å². The first-order valence-electron chi connectivity index (χ1n) is 10.4. The van der Waals surface area contributed by atoms with Crippen LogP contribution in [0.3, 0.4) is 0 Å². The molecule has 166 valence electrons. The van der Waals surface area contributed by atoms with Gasteiger partial charge in [0.25, 0.3) is 0 Å². The second-order valence-electron chi connectivity index (χ2n) is 7.57. The van der Waals surface area contributed by atoms with Gasteiger partial charge in [0.2, 0.25) is 11.8 Å². The Kier molecular flexibility index (Phi) is 8.77. The molecule has 0 aliphatic rings. The molecule has 6 heteroatoms. The molecule has 32 heavy (non-hydrogen) atoms. The van der Waals surface area contributed by atoms with Crippen LogP contribution < -0.4 is 5.32 Å². The van der Waals surface area contributed by atoms with Crippen LogP contribution in [0.25, 0.3) is 0 Å². The molecule has 0 spiro atoms. The predicted molar refractivity (Wildman–Crippen MR) is 132 cm³/mol. The normalized spacial score (nSPS) is 11.6. The van der Waals surface area contributed by atoms with E-state index < -0.39 is 6.04 Å². The highest BCUT2D eigenvalue weighted by atomic mass is 35.5. The predicted octanol–water partition coefficient (Wildman–Crippen LogP) is 5.13. The van der Waals surface area contributed by atoms with Crippen molar-refractivity contribution in [3.8, 4) is 0 Å². The van der Waals surface area contributed by atoms with Crippen LogP contribution in [-0.4, -0.2) is 35.6 Å². The van der Waals surface area contributed by atoms with E-state index in [2.05, 4.69) is 5.32 Å². The number of rotatable bonds is 9. The molecular weight excluding hydrogens is 440 g/mol. The zero-order valence-corrected chi connectivity index (χ0v) is 19.8. The molecule has 0 fully saturated rings. The number of hydrogen-bond donors (Lipinski definition) is 1. The summed E-state index contributed by atoms with van der Waals surface area (Å²) in [4.78, 5) is 29.0. The molecule has 4 nitrogen and oxygen atoms in total. The van der Waals surface area contributed by atoms with Crippen LogP contribution in [0, 0.1) is 6.92 Å². The lowest BCUT2D eigenvalue weighted by molar-refractivity contribution is -0.139. The third-order valence-electron chi connectivity index (χ3n) is 5.14. The first-order chi connectivity index (χ1) is 15.5. The monoisotopic (exact) mass is 466 g/mol. The zero-order valence-electron chi connectivity index (χ0n) is 18.3. The SMILES string of the molecule is CNC(=O)[C@H](Cc1ccccc1)N(Cc1cccc(Cl)c1)C(=O)CSc1ccc(C)cc1. The van der Waals surface area contributed by atoms with E-state index in [9.17, 15) is 9.59 Å². The van der Waals surface area contributed by atoms with Gasteiger partial charge in [-0.15, -0.1) is 11.8 Å². The van der Waals surface area contributed by atoms with Crippen LogP contribution in [0.15, 0.2) is 83.8 Å². The van der Waals surface area contributed by atoms with Crippen molar-refractivity contribution in [2.45, 2.75) is 30.8 Å².